The highest BCUT2D eigenvalue weighted by Crippen LogP contribution is 2.26. The van der Waals surface area contributed by atoms with Crippen LogP contribution < -0.4 is 5.73 Å². The van der Waals surface area contributed by atoms with Crippen molar-refractivity contribution in [1.29, 1.82) is 5.41 Å². The second-order valence-corrected chi connectivity index (χ2v) is 3.64. The van der Waals surface area contributed by atoms with E-state index in [0.717, 1.165) is 0 Å². The zero-order valence-electron chi connectivity index (χ0n) is 10.2. The topological polar surface area (TPSA) is 62.3 Å². The molecule has 1 atom stereocenters. The van der Waals surface area contributed by atoms with Crippen molar-refractivity contribution in [3.8, 4) is 0 Å². The molecular formula is C10H20F3N3O. The third-order valence-electron chi connectivity index (χ3n) is 2.41. The van der Waals surface area contributed by atoms with Crippen molar-refractivity contribution in [3.05, 3.63) is 0 Å². The molecule has 0 aromatic heterocycles. The minimum absolute atomic E-state index is 0.289. The number of hydrogen-bond donors (Lipinski definition) is 2. The molecule has 0 fully saturated rings. The van der Waals surface area contributed by atoms with Gasteiger partial charge in [0.15, 0.2) is 0 Å². The Bertz CT molecular complexity index is 233. The van der Waals surface area contributed by atoms with Crippen LogP contribution in [0.4, 0.5) is 13.2 Å². The molecule has 0 aliphatic rings. The van der Waals surface area contributed by atoms with Crippen LogP contribution in [0, 0.1) is 11.3 Å². The van der Waals surface area contributed by atoms with E-state index in [9.17, 15) is 13.2 Å². The molecule has 0 bridgehead atoms. The van der Waals surface area contributed by atoms with Gasteiger partial charge in [0.2, 0.25) is 0 Å². The minimum atomic E-state index is -4.47. The molecule has 0 aliphatic carbocycles. The first-order valence-electron chi connectivity index (χ1n) is 5.53. The lowest BCUT2D eigenvalue weighted by Crippen LogP contribution is -2.44. The van der Waals surface area contributed by atoms with Gasteiger partial charge in [0.25, 0.3) is 0 Å². The van der Waals surface area contributed by atoms with Crippen molar-refractivity contribution < 1.29 is 17.9 Å². The van der Waals surface area contributed by atoms with Crippen molar-refractivity contribution in [2.24, 2.45) is 11.7 Å². The lowest BCUT2D eigenvalue weighted by Gasteiger charge is -2.27. The van der Waals surface area contributed by atoms with Crippen LogP contribution in [0.3, 0.4) is 0 Å². The molecule has 7 heteroatoms. The number of rotatable bonds is 8. The Labute approximate surface area is 99.4 Å². The van der Waals surface area contributed by atoms with Gasteiger partial charge >= 0.3 is 6.18 Å². The Kier molecular flexibility index (Phi) is 7.13. The summed E-state index contributed by atoms with van der Waals surface area (Å²) in [5.74, 6) is -2.74. The van der Waals surface area contributed by atoms with Gasteiger partial charge in [0.1, 0.15) is 11.8 Å². The highest BCUT2D eigenvalue weighted by atomic mass is 19.4. The molecular weight excluding hydrogens is 235 g/mol. The Balaban J connectivity index is 4.35. The lowest BCUT2D eigenvalue weighted by atomic mass is 10.1. The molecule has 4 nitrogen and oxygen atoms in total. The van der Waals surface area contributed by atoms with Gasteiger partial charge in [-0.3, -0.25) is 5.41 Å². The lowest BCUT2D eigenvalue weighted by molar-refractivity contribution is -0.160. The number of nitrogens with one attached hydrogen (secondary N) is 1. The Hall–Kier alpha value is -0.820. The van der Waals surface area contributed by atoms with Gasteiger partial charge in [0, 0.05) is 19.7 Å². The van der Waals surface area contributed by atoms with Crippen LogP contribution in [0.15, 0.2) is 0 Å². The van der Waals surface area contributed by atoms with Crippen LogP contribution in [0.2, 0.25) is 0 Å². The van der Waals surface area contributed by atoms with Gasteiger partial charge < -0.3 is 15.4 Å². The largest absolute Gasteiger partial charge is 0.399 e. The highest BCUT2D eigenvalue weighted by molar-refractivity contribution is 5.80. The monoisotopic (exact) mass is 255 g/mol. The third kappa shape index (κ3) is 6.48. The average Bonchev–Trinajstić information content (AvgIpc) is 2.20. The third-order valence-corrected chi connectivity index (χ3v) is 2.41. The summed E-state index contributed by atoms with van der Waals surface area (Å²) in [6, 6.07) is 0. The van der Waals surface area contributed by atoms with Crippen molar-refractivity contribution >= 4 is 5.84 Å². The molecule has 0 saturated carbocycles. The summed E-state index contributed by atoms with van der Waals surface area (Å²) in [7, 11) is 0. The maximum Gasteiger partial charge on any atom is 0.399 e. The first-order chi connectivity index (χ1) is 7.82. The fraction of sp³-hybridized carbons (Fsp3) is 0.900. The second-order valence-electron chi connectivity index (χ2n) is 3.64. The summed E-state index contributed by atoms with van der Waals surface area (Å²) >= 11 is 0. The molecule has 0 amide bonds. The number of likely N-dealkylation sites (N-methyl/N-ethyl adjacent to an activating group) is 1. The minimum Gasteiger partial charge on any atom is -0.387 e. The molecule has 0 spiro atoms. The molecule has 0 heterocycles. The van der Waals surface area contributed by atoms with Crippen LogP contribution in [-0.2, 0) is 4.74 Å². The maximum absolute atomic E-state index is 12.6. The Morgan fingerprint density at radius 2 is 2.00 bits per heavy atom. The van der Waals surface area contributed by atoms with Gasteiger partial charge in [-0.25, -0.2) is 0 Å². The number of hydrogen-bond acceptors (Lipinski definition) is 3. The molecule has 1 unspecified atom stereocenters. The van der Waals surface area contributed by atoms with Crippen molar-refractivity contribution in [2.75, 3.05) is 32.8 Å². The first-order valence-corrected chi connectivity index (χ1v) is 5.53. The predicted octanol–water partition coefficient (Wildman–Crippen LogP) is 1.46. The molecule has 0 aliphatic heterocycles. The van der Waals surface area contributed by atoms with E-state index in [1.54, 1.807) is 11.8 Å². The van der Waals surface area contributed by atoms with E-state index in [4.69, 9.17) is 15.9 Å². The van der Waals surface area contributed by atoms with E-state index in [1.807, 2.05) is 6.92 Å². The average molecular weight is 255 g/mol. The summed E-state index contributed by atoms with van der Waals surface area (Å²) in [6.07, 6.45) is -4.47. The fourth-order valence-electron chi connectivity index (χ4n) is 1.35. The van der Waals surface area contributed by atoms with Crippen molar-refractivity contribution in [2.45, 2.75) is 20.0 Å². The van der Waals surface area contributed by atoms with Crippen LogP contribution in [0.1, 0.15) is 13.8 Å². The van der Waals surface area contributed by atoms with E-state index < -0.39 is 17.9 Å². The van der Waals surface area contributed by atoms with E-state index in [-0.39, 0.29) is 6.54 Å². The number of ether oxygens (including phenoxy) is 1. The van der Waals surface area contributed by atoms with E-state index >= 15 is 0 Å². The Morgan fingerprint density at radius 1 is 1.41 bits per heavy atom. The van der Waals surface area contributed by atoms with Crippen molar-refractivity contribution in [3.63, 3.8) is 0 Å². The van der Waals surface area contributed by atoms with Gasteiger partial charge in [-0.05, 0) is 13.5 Å². The molecule has 0 rings (SSSR count). The molecule has 0 aromatic rings. The Morgan fingerprint density at radius 3 is 2.35 bits per heavy atom. The molecule has 0 radical (unpaired) electrons. The maximum atomic E-state index is 12.6. The van der Waals surface area contributed by atoms with Crippen LogP contribution >= 0.6 is 0 Å². The zero-order chi connectivity index (χ0) is 13.5. The number of amidine groups is 1. The van der Waals surface area contributed by atoms with E-state index in [0.29, 0.717) is 26.3 Å². The first kappa shape index (κ1) is 16.2. The van der Waals surface area contributed by atoms with Crippen LogP contribution in [0.5, 0.6) is 0 Å². The standard InChI is InChI=1S/C10H20F3N3O/c1-3-16(5-6-17-4-2)7-8(9(14)15)10(11,12)13/h8H,3-7H2,1-2H3,(H3,14,15). The van der Waals surface area contributed by atoms with Crippen molar-refractivity contribution in [1.82, 2.24) is 4.90 Å². The number of halogens is 3. The molecule has 0 saturated heterocycles. The van der Waals surface area contributed by atoms with Gasteiger partial charge in [-0.15, -0.1) is 0 Å². The van der Waals surface area contributed by atoms with Gasteiger partial charge in [-0.2, -0.15) is 13.2 Å². The van der Waals surface area contributed by atoms with Crippen LogP contribution in [-0.4, -0.2) is 49.8 Å². The quantitative estimate of drug-likeness (QED) is 0.392. The summed E-state index contributed by atoms with van der Waals surface area (Å²) in [5.41, 5.74) is 4.99. The summed E-state index contributed by atoms with van der Waals surface area (Å²) in [5, 5.41) is 6.99. The molecule has 0 aromatic carbocycles. The van der Waals surface area contributed by atoms with E-state index in [1.165, 1.54) is 0 Å². The molecule has 17 heavy (non-hydrogen) atoms. The number of alkyl halides is 3. The second kappa shape index (κ2) is 7.50. The van der Waals surface area contributed by atoms with E-state index in [2.05, 4.69) is 0 Å². The number of nitrogens with zero attached hydrogens (tertiary/aromatic N) is 1. The van der Waals surface area contributed by atoms with Gasteiger partial charge in [-0.1, -0.05) is 6.92 Å². The molecule has 3 N–H and O–H groups in total. The smallest absolute Gasteiger partial charge is 0.387 e. The summed E-state index contributed by atoms with van der Waals surface area (Å²) < 4.78 is 42.8. The SMILES string of the molecule is CCOCCN(CC)CC(C(=N)N)C(F)(F)F. The fourth-order valence-corrected chi connectivity index (χ4v) is 1.35. The highest BCUT2D eigenvalue weighted by Gasteiger charge is 2.42. The predicted molar refractivity (Wildman–Crippen MR) is 60.1 cm³/mol. The normalized spacial score (nSPS) is 14.0. The summed E-state index contributed by atoms with van der Waals surface area (Å²) in [6.45, 7) is 5.09. The molecule has 102 valence electrons. The summed E-state index contributed by atoms with van der Waals surface area (Å²) in [4.78, 5) is 1.58. The number of nitrogens with two attached hydrogens (primary N) is 1. The van der Waals surface area contributed by atoms with Gasteiger partial charge in [0.05, 0.1) is 6.61 Å². The van der Waals surface area contributed by atoms with Crippen LogP contribution in [0.25, 0.3) is 0 Å². The zero-order valence-corrected chi connectivity index (χ0v) is 10.2.